The molecule has 28 heavy (non-hydrogen) atoms. The van der Waals surface area contributed by atoms with E-state index < -0.39 is 5.82 Å². The molecule has 1 N–H and O–H groups in total. The zero-order valence-electron chi connectivity index (χ0n) is 15.5. The molecular formula is C20H18FN6S. The largest absolute Gasteiger partial charge is 0.349 e. The maximum Gasteiger partial charge on any atom is 0.229 e. The zero-order valence-corrected chi connectivity index (χ0v) is 16.3. The molecule has 0 aliphatic heterocycles. The van der Waals surface area contributed by atoms with Crippen molar-refractivity contribution in [3.05, 3.63) is 54.6 Å². The van der Waals surface area contributed by atoms with Crippen LogP contribution in [0.1, 0.15) is 13.8 Å². The molecular weight excluding hydrogens is 375 g/mol. The van der Waals surface area contributed by atoms with Crippen molar-refractivity contribution in [2.75, 3.05) is 23.3 Å². The zero-order chi connectivity index (χ0) is 19.5. The van der Waals surface area contributed by atoms with Crippen LogP contribution < -0.4 is 10.2 Å². The molecule has 0 aliphatic rings. The third kappa shape index (κ3) is 3.63. The maximum absolute atomic E-state index is 14.4. The first-order chi connectivity index (χ1) is 13.7. The van der Waals surface area contributed by atoms with E-state index in [-0.39, 0.29) is 11.6 Å². The predicted octanol–water partition coefficient (Wildman–Crippen LogP) is 4.68. The fourth-order valence-electron chi connectivity index (χ4n) is 2.83. The van der Waals surface area contributed by atoms with Gasteiger partial charge in [-0.05, 0) is 38.1 Å². The average molecular weight is 393 g/mol. The van der Waals surface area contributed by atoms with E-state index in [2.05, 4.69) is 45.1 Å². The van der Waals surface area contributed by atoms with Crippen LogP contribution in [0.15, 0.2) is 42.7 Å². The van der Waals surface area contributed by atoms with E-state index in [0.29, 0.717) is 11.4 Å². The van der Waals surface area contributed by atoms with Crippen LogP contribution in [-0.4, -0.2) is 33.0 Å². The van der Waals surface area contributed by atoms with Crippen LogP contribution in [0.2, 0.25) is 0 Å². The summed E-state index contributed by atoms with van der Waals surface area (Å²) in [5.41, 5.74) is 1.71. The standard InChI is InChI=1S/C20H18FN6S/c1-3-27(4-2)20-24-15-11-13(8-9-16(15)28-20)18-14(21)12-23-19(26-18)25-17-7-5-6-10-22-17/h5,7-12H,3-4H2,1-2H3,(H,22,23,25,26). The van der Waals surface area contributed by atoms with E-state index in [1.54, 1.807) is 23.5 Å². The highest BCUT2D eigenvalue weighted by Crippen LogP contribution is 2.32. The SMILES string of the molecule is CCN(CC)c1nc2cc(-c3nc(Nc4cc[c]cn4)ncc3F)ccc2s1. The number of rotatable bonds is 6. The average Bonchev–Trinajstić information content (AvgIpc) is 3.14. The van der Waals surface area contributed by atoms with Crippen molar-refractivity contribution < 1.29 is 4.39 Å². The van der Waals surface area contributed by atoms with E-state index >= 15 is 0 Å². The summed E-state index contributed by atoms with van der Waals surface area (Å²) in [5, 5.41) is 3.94. The normalized spacial score (nSPS) is 11.0. The molecule has 0 fully saturated rings. The molecule has 0 saturated heterocycles. The Morgan fingerprint density at radius 3 is 2.75 bits per heavy atom. The Balaban J connectivity index is 1.69. The van der Waals surface area contributed by atoms with Crippen LogP contribution in [0.4, 0.5) is 21.3 Å². The first kappa shape index (κ1) is 18.2. The lowest BCUT2D eigenvalue weighted by Gasteiger charge is -2.16. The second-order valence-electron chi connectivity index (χ2n) is 6.01. The van der Waals surface area contributed by atoms with E-state index in [0.717, 1.165) is 34.6 Å². The molecule has 0 saturated carbocycles. The van der Waals surface area contributed by atoms with Gasteiger partial charge in [-0.3, -0.25) is 0 Å². The summed E-state index contributed by atoms with van der Waals surface area (Å²) in [4.78, 5) is 19.4. The molecule has 6 nitrogen and oxygen atoms in total. The predicted molar refractivity (Wildman–Crippen MR) is 111 cm³/mol. The number of pyridine rings is 1. The summed E-state index contributed by atoms with van der Waals surface area (Å²) in [6.07, 6.45) is 2.70. The van der Waals surface area contributed by atoms with Gasteiger partial charge in [0.15, 0.2) is 10.9 Å². The van der Waals surface area contributed by atoms with E-state index in [1.807, 2.05) is 18.2 Å². The van der Waals surface area contributed by atoms with Gasteiger partial charge in [0.1, 0.15) is 11.5 Å². The van der Waals surface area contributed by atoms with Crippen molar-refractivity contribution in [2.24, 2.45) is 0 Å². The van der Waals surface area contributed by atoms with E-state index in [9.17, 15) is 4.39 Å². The molecule has 141 valence electrons. The first-order valence-electron chi connectivity index (χ1n) is 8.95. The topological polar surface area (TPSA) is 66.8 Å². The highest BCUT2D eigenvalue weighted by Gasteiger charge is 2.14. The first-order valence-corrected chi connectivity index (χ1v) is 9.77. The lowest BCUT2D eigenvalue weighted by Crippen LogP contribution is -2.21. The van der Waals surface area contributed by atoms with Gasteiger partial charge in [-0.1, -0.05) is 17.4 Å². The molecule has 4 rings (SSSR count). The van der Waals surface area contributed by atoms with Crippen LogP contribution in [0.3, 0.4) is 0 Å². The summed E-state index contributed by atoms with van der Waals surface area (Å²) >= 11 is 1.63. The highest BCUT2D eigenvalue weighted by molar-refractivity contribution is 7.22. The minimum absolute atomic E-state index is 0.222. The lowest BCUT2D eigenvalue weighted by atomic mass is 10.1. The molecule has 0 bridgehead atoms. The van der Waals surface area contributed by atoms with Crippen molar-refractivity contribution in [3.8, 4) is 11.3 Å². The third-order valence-corrected chi connectivity index (χ3v) is 5.38. The molecule has 3 aromatic heterocycles. The number of halogens is 1. The van der Waals surface area contributed by atoms with Crippen LogP contribution >= 0.6 is 11.3 Å². The van der Waals surface area contributed by atoms with Crippen LogP contribution in [0, 0.1) is 11.9 Å². The van der Waals surface area contributed by atoms with E-state index in [1.165, 1.54) is 6.20 Å². The number of aromatic nitrogens is 4. The number of anilines is 3. The number of thiazole rings is 1. The van der Waals surface area contributed by atoms with Gasteiger partial charge in [0.05, 0.1) is 16.4 Å². The minimum Gasteiger partial charge on any atom is -0.349 e. The van der Waals surface area contributed by atoms with Crippen molar-refractivity contribution in [3.63, 3.8) is 0 Å². The van der Waals surface area contributed by atoms with Gasteiger partial charge < -0.3 is 10.2 Å². The van der Waals surface area contributed by atoms with Crippen molar-refractivity contribution in [1.29, 1.82) is 0 Å². The Morgan fingerprint density at radius 1 is 1.14 bits per heavy atom. The Bertz CT molecular complexity index is 1090. The Hall–Kier alpha value is -3.13. The van der Waals surface area contributed by atoms with Gasteiger partial charge in [-0.2, -0.15) is 0 Å². The summed E-state index contributed by atoms with van der Waals surface area (Å²) in [6, 6.07) is 12.0. The molecule has 0 amide bonds. The van der Waals surface area contributed by atoms with Gasteiger partial charge in [0.2, 0.25) is 5.95 Å². The fraction of sp³-hybridized carbons (Fsp3) is 0.200. The summed E-state index contributed by atoms with van der Waals surface area (Å²) in [7, 11) is 0. The van der Waals surface area contributed by atoms with Crippen LogP contribution in [0.5, 0.6) is 0 Å². The summed E-state index contributed by atoms with van der Waals surface area (Å²) in [5.74, 6) is 0.353. The van der Waals surface area contributed by atoms with Crippen molar-refractivity contribution >= 4 is 38.5 Å². The van der Waals surface area contributed by atoms with Gasteiger partial charge >= 0.3 is 0 Å². The van der Waals surface area contributed by atoms with Crippen molar-refractivity contribution in [1.82, 2.24) is 19.9 Å². The van der Waals surface area contributed by atoms with Gasteiger partial charge in [-0.15, -0.1) is 0 Å². The Morgan fingerprint density at radius 2 is 2.00 bits per heavy atom. The van der Waals surface area contributed by atoms with Crippen LogP contribution in [0.25, 0.3) is 21.5 Å². The molecule has 4 aromatic rings. The number of hydrogen-bond acceptors (Lipinski definition) is 7. The molecule has 3 heterocycles. The maximum atomic E-state index is 14.4. The third-order valence-electron chi connectivity index (χ3n) is 4.28. The number of hydrogen-bond donors (Lipinski definition) is 1. The fourth-order valence-corrected chi connectivity index (χ4v) is 3.90. The summed E-state index contributed by atoms with van der Waals surface area (Å²) < 4.78 is 15.5. The minimum atomic E-state index is -0.488. The number of nitrogens with zero attached hydrogens (tertiary/aromatic N) is 5. The monoisotopic (exact) mass is 393 g/mol. The van der Waals surface area contributed by atoms with Gasteiger partial charge in [-0.25, -0.2) is 24.3 Å². The van der Waals surface area contributed by atoms with Crippen LogP contribution in [-0.2, 0) is 0 Å². The van der Waals surface area contributed by atoms with Gasteiger partial charge in [0.25, 0.3) is 0 Å². The second kappa shape index (κ2) is 7.85. The quantitative estimate of drug-likeness (QED) is 0.513. The molecule has 0 unspecified atom stereocenters. The lowest BCUT2D eigenvalue weighted by molar-refractivity contribution is 0.619. The smallest absolute Gasteiger partial charge is 0.229 e. The molecule has 1 aromatic carbocycles. The summed E-state index contributed by atoms with van der Waals surface area (Å²) in [6.45, 7) is 5.99. The van der Waals surface area contributed by atoms with Gasteiger partial charge in [0, 0.05) is 30.9 Å². The number of nitrogens with one attached hydrogen (secondary N) is 1. The van der Waals surface area contributed by atoms with E-state index in [4.69, 9.17) is 4.98 Å². The Kier molecular flexibility index (Phi) is 5.12. The molecule has 0 spiro atoms. The molecule has 8 heteroatoms. The number of fused-ring (bicyclic) bond motifs is 1. The second-order valence-corrected chi connectivity index (χ2v) is 7.02. The Labute approximate surface area is 166 Å². The highest BCUT2D eigenvalue weighted by atomic mass is 32.1. The molecule has 0 atom stereocenters. The molecule has 1 radical (unpaired) electrons. The van der Waals surface area contributed by atoms with Crippen molar-refractivity contribution in [2.45, 2.75) is 13.8 Å². The number of benzene rings is 1. The molecule has 0 aliphatic carbocycles.